The van der Waals surface area contributed by atoms with E-state index in [0.29, 0.717) is 5.88 Å². The van der Waals surface area contributed by atoms with Gasteiger partial charge < -0.3 is 9.64 Å². The van der Waals surface area contributed by atoms with Crippen LogP contribution in [0.15, 0.2) is 41.5 Å². The van der Waals surface area contributed by atoms with Gasteiger partial charge in [0, 0.05) is 19.2 Å². The van der Waals surface area contributed by atoms with Crippen LogP contribution in [0.25, 0.3) is 0 Å². The Morgan fingerprint density at radius 3 is 2.62 bits per heavy atom. The van der Waals surface area contributed by atoms with Gasteiger partial charge in [0.25, 0.3) is 0 Å². The molecule has 0 N–H and O–H groups in total. The summed E-state index contributed by atoms with van der Waals surface area (Å²) in [6.45, 7) is 11.6. The van der Waals surface area contributed by atoms with Gasteiger partial charge in [-0.2, -0.15) is 0 Å². The number of hydrogen-bond donors (Lipinski definition) is 0. The molecule has 0 radical (unpaired) electrons. The zero-order valence-corrected chi connectivity index (χ0v) is 15.5. The molecule has 24 heavy (non-hydrogen) atoms. The van der Waals surface area contributed by atoms with Crippen LogP contribution in [-0.4, -0.2) is 29.8 Å². The number of aryl methyl sites for hydroxylation is 1. The summed E-state index contributed by atoms with van der Waals surface area (Å²) in [5.74, 6) is 1.42. The molecular weight excluding hydrogens is 298 g/mol. The van der Waals surface area contributed by atoms with Gasteiger partial charge in [0.2, 0.25) is 5.88 Å². The fourth-order valence-electron chi connectivity index (χ4n) is 2.11. The lowest BCUT2D eigenvalue weighted by molar-refractivity contribution is 0.456. The molecule has 1 aromatic heterocycles. The van der Waals surface area contributed by atoms with Crippen LogP contribution >= 0.6 is 0 Å². The molecule has 0 spiro atoms. The molecule has 0 aliphatic rings. The summed E-state index contributed by atoms with van der Waals surface area (Å²) < 4.78 is 5.97. The van der Waals surface area contributed by atoms with Crippen molar-refractivity contribution in [2.75, 3.05) is 13.6 Å². The zero-order valence-electron chi connectivity index (χ0n) is 15.5. The molecule has 1 heterocycles. The normalized spacial score (nSPS) is 11.8. The maximum Gasteiger partial charge on any atom is 0.222 e. The Hall–Kier alpha value is -2.36. The van der Waals surface area contributed by atoms with E-state index in [1.807, 2.05) is 43.4 Å². The monoisotopic (exact) mass is 325 g/mol. The first-order valence-corrected chi connectivity index (χ1v) is 8.29. The van der Waals surface area contributed by atoms with Gasteiger partial charge in [-0.05, 0) is 43.0 Å². The Morgan fingerprint density at radius 2 is 2.00 bits per heavy atom. The number of rotatable bonds is 5. The van der Waals surface area contributed by atoms with E-state index in [1.165, 1.54) is 5.56 Å². The van der Waals surface area contributed by atoms with Crippen molar-refractivity contribution in [2.24, 2.45) is 4.99 Å². The summed E-state index contributed by atoms with van der Waals surface area (Å²) >= 11 is 0. The van der Waals surface area contributed by atoms with Gasteiger partial charge in [-0.1, -0.05) is 32.9 Å². The van der Waals surface area contributed by atoms with E-state index in [4.69, 9.17) is 4.74 Å². The number of benzene rings is 1. The van der Waals surface area contributed by atoms with E-state index < -0.39 is 0 Å². The summed E-state index contributed by atoms with van der Waals surface area (Å²) in [7, 11) is 1.99. The second-order valence-electron chi connectivity index (χ2n) is 7.01. The molecule has 0 atom stereocenters. The van der Waals surface area contributed by atoms with Gasteiger partial charge in [0.05, 0.1) is 18.2 Å². The smallest absolute Gasteiger partial charge is 0.222 e. The van der Waals surface area contributed by atoms with Crippen LogP contribution in [0.2, 0.25) is 0 Å². The molecule has 0 bridgehead atoms. The lowest BCUT2D eigenvalue weighted by Gasteiger charge is -2.19. The molecule has 4 heteroatoms. The van der Waals surface area contributed by atoms with E-state index >= 15 is 0 Å². The molecule has 2 aromatic rings. The topological polar surface area (TPSA) is 37.7 Å². The Morgan fingerprint density at radius 1 is 1.25 bits per heavy atom. The second-order valence-corrected chi connectivity index (χ2v) is 7.01. The summed E-state index contributed by atoms with van der Waals surface area (Å²) in [6.07, 6.45) is 3.54. The van der Waals surface area contributed by atoms with Crippen molar-refractivity contribution in [1.82, 2.24) is 9.88 Å². The van der Waals surface area contributed by atoms with Crippen molar-refractivity contribution in [3.63, 3.8) is 0 Å². The van der Waals surface area contributed by atoms with E-state index in [9.17, 15) is 0 Å². The van der Waals surface area contributed by atoms with Crippen molar-refractivity contribution in [3.8, 4) is 11.6 Å². The number of hydrogen-bond acceptors (Lipinski definition) is 3. The summed E-state index contributed by atoms with van der Waals surface area (Å²) in [4.78, 5) is 10.8. The third-order valence-electron chi connectivity index (χ3n) is 3.83. The molecule has 1 aromatic carbocycles. The fraction of sp³-hybridized carbons (Fsp3) is 0.400. The summed E-state index contributed by atoms with van der Waals surface area (Å²) in [5.41, 5.74) is 3.11. The van der Waals surface area contributed by atoms with Gasteiger partial charge in [-0.15, -0.1) is 0 Å². The fourth-order valence-corrected chi connectivity index (χ4v) is 2.11. The minimum atomic E-state index is 0.0890. The molecule has 2 rings (SSSR count). The van der Waals surface area contributed by atoms with Gasteiger partial charge in [0.1, 0.15) is 5.75 Å². The predicted molar refractivity (Wildman–Crippen MR) is 101 cm³/mol. The van der Waals surface area contributed by atoms with Crippen molar-refractivity contribution < 1.29 is 4.74 Å². The number of aromatic nitrogens is 1. The van der Waals surface area contributed by atoms with Gasteiger partial charge in [-0.25, -0.2) is 9.98 Å². The SMILES string of the molecule is CCN(C)/C=N/c1cnc(Oc2cccc(C(C)(C)C)c2)c(C)c1. The number of ether oxygens (including phenoxy) is 1. The summed E-state index contributed by atoms with van der Waals surface area (Å²) in [5, 5.41) is 0. The maximum absolute atomic E-state index is 5.97. The zero-order chi connectivity index (χ0) is 17.7. The second kappa shape index (κ2) is 7.47. The largest absolute Gasteiger partial charge is 0.439 e. The maximum atomic E-state index is 5.97. The molecule has 0 aliphatic heterocycles. The van der Waals surface area contributed by atoms with E-state index in [1.54, 1.807) is 6.20 Å². The molecule has 0 unspecified atom stereocenters. The molecule has 0 amide bonds. The summed E-state index contributed by atoms with van der Waals surface area (Å²) in [6, 6.07) is 10.2. The minimum absolute atomic E-state index is 0.0890. The quantitative estimate of drug-likeness (QED) is 0.567. The van der Waals surface area contributed by atoms with E-state index in [2.05, 4.69) is 49.8 Å². The predicted octanol–water partition coefficient (Wildman–Crippen LogP) is 5.09. The Bertz CT molecular complexity index is 717. The van der Waals surface area contributed by atoms with Crippen molar-refractivity contribution in [1.29, 1.82) is 0 Å². The average Bonchev–Trinajstić information content (AvgIpc) is 2.54. The number of pyridine rings is 1. The average molecular weight is 325 g/mol. The molecule has 4 nitrogen and oxygen atoms in total. The van der Waals surface area contributed by atoms with E-state index in [0.717, 1.165) is 23.5 Å². The van der Waals surface area contributed by atoms with Gasteiger partial charge in [0.15, 0.2) is 0 Å². The van der Waals surface area contributed by atoms with Crippen LogP contribution in [0.4, 0.5) is 5.69 Å². The number of aliphatic imine (C=N–C) groups is 1. The molecular formula is C20H27N3O. The van der Waals surface area contributed by atoms with Gasteiger partial charge >= 0.3 is 0 Å². The third kappa shape index (κ3) is 4.82. The van der Waals surface area contributed by atoms with Crippen molar-refractivity contribution >= 4 is 12.0 Å². The standard InChI is InChI=1S/C20H27N3O/c1-7-23(6)14-22-17-11-15(2)19(21-13-17)24-18-10-8-9-16(12-18)20(3,4)5/h8-14H,7H2,1-6H3/b22-14+. The van der Waals surface area contributed by atoms with Crippen molar-refractivity contribution in [2.45, 2.75) is 40.0 Å². The molecule has 0 saturated heterocycles. The van der Waals surface area contributed by atoms with Crippen LogP contribution in [0.5, 0.6) is 11.6 Å². The lowest BCUT2D eigenvalue weighted by Crippen LogP contribution is -2.14. The highest BCUT2D eigenvalue weighted by molar-refractivity contribution is 5.61. The van der Waals surface area contributed by atoms with Crippen LogP contribution in [-0.2, 0) is 5.41 Å². The molecule has 0 saturated carbocycles. The van der Waals surface area contributed by atoms with E-state index in [-0.39, 0.29) is 5.41 Å². The third-order valence-corrected chi connectivity index (χ3v) is 3.83. The van der Waals surface area contributed by atoms with Crippen LogP contribution in [0.1, 0.15) is 38.8 Å². The highest BCUT2D eigenvalue weighted by Gasteiger charge is 2.14. The Kier molecular flexibility index (Phi) is 5.60. The first kappa shape index (κ1) is 18.0. The first-order valence-electron chi connectivity index (χ1n) is 8.29. The minimum Gasteiger partial charge on any atom is -0.439 e. The molecule has 0 aliphatic carbocycles. The Balaban J connectivity index is 2.18. The van der Waals surface area contributed by atoms with Gasteiger partial charge in [-0.3, -0.25) is 0 Å². The highest BCUT2D eigenvalue weighted by atomic mass is 16.5. The first-order chi connectivity index (χ1) is 11.3. The highest BCUT2D eigenvalue weighted by Crippen LogP contribution is 2.29. The van der Waals surface area contributed by atoms with Crippen LogP contribution in [0, 0.1) is 6.92 Å². The number of nitrogens with zero attached hydrogens (tertiary/aromatic N) is 3. The van der Waals surface area contributed by atoms with Crippen molar-refractivity contribution in [3.05, 3.63) is 47.7 Å². The molecule has 0 fully saturated rings. The molecule has 128 valence electrons. The Labute approximate surface area is 145 Å². The van der Waals surface area contributed by atoms with Crippen LogP contribution in [0.3, 0.4) is 0 Å². The lowest BCUT2D eigenvalue weighted by atomic mass is 9.87. The van der Waals surface area contributed by atoms with Crippen LogP contribution < -0.4 is 4.74 Å².